The largest absolute Gasteiger partial charge is 0.462 e. The maximum absolute atomic E-state index is 12.7. The lowest BCUT2D eigenvalue weighted by molar-refractivity contribution is -0.119. The molecule has 0 unspecified atom stereocenters. The molecule has 3 aromatic rings. The van der Waals surface area contributed by atoms with Gasteiger partial charge in [0.2, 0.25) is 0 Å². The third kappa shape index (κ3) is 5.50. The predicted octanol–water partition coefficient (Wildman–Crippen LogP) is 4.61. The van der Waals surface area contributed by atoms with Gasteiger partial charge in [0.05, 0.1) is 6.61 Å². The Hall–Kier alpha value is -3.43. The molecule has 0 radical (unpaired) electrons. The predicted molar refractivity (Wildman–Crippen MR) is 124 cm³/mol. The van der Waals surface area contributed by atoms with E-state index in [9.17, 15) is 19.2 Å². The minimum absolute atomic E-state index is 0.0696. The van der Waals surface area contributed by atoms with Gasteiger partial charge in [0.25, 0.3) is 5.91 Å². The smallest absolute Gasteiger partial charge is 0.342 e. The summed E-state index contributed by atoms with van der Waals surface area (Å²) in [6, 6.07) is 10.2. The highest BCUT2D eigenvalue weighted by atomic mass is 35.5. The highest BCUT2D eigenvalue weighted by Crippen LogP contribution is 2.43. The van der Waals surface area contributed by atoms with Crippen LogP contribution >= 0.6 is 22.9 Å². The van der Waals surface area contributed by atoms with Crippen LogP contribution < -0.4 is 10.9 Å². The molecule has 0 aliphatic carbocycles. The van der Waals surface area contributed by atoms with Gasteiger partial charge in [-0.2, -0.15) is 0 Å². The van der Waals surface area contributed by atoms with Crippen molar-refractivity contribution in [1.82, 2.24) is 0 Å². The zero-order valence-corrected chi connectivity index (χ0v) is 19.6. The summed E-state index contributed by atoms with van der Waals surface area (Å²) in [5.41, 5.74) is 1.10. The molecule has 8 nitrogen and oxygen atoms in total. The van der Waals surface area contributed by atoms with E-state index in [1.807, 2.05) is 6.07 Å². The second-order valence-corrected chi connectivity index (χ2v) is 8.47. The van der Waals surface area contributed by atoms with Crippen LogP contribution in [0, 0.1) is 13.8 Å². The molecule has 1 N–H and O–H groups in total. The van der Waals surface area contributed by atoms with E-state index in [2.05, 4.69) is 5.32 Å². The lowest BCUT2D eigenvalue weighted by Crippen LogP contribution is -2.23. The molecule has 0 saturated heterocycles. The second kappa shape index (κ2) is 10.5. The van der Waals surface area contributed by atoms with Gasteiger partial charge >= 0.3 is 17.6 Å². The molecule has 0 atom stereocenters. The Morgan fingerprint density at radius 1 is 1.06 bits per heavy atom. The summed E-state index contributed by atoms with van der Waals surface area (Å²) in [5.74, 6) is -2.05. The van der Waals surface area contributed by atoms with E-state index in [0.29, 0.717) is 21.0 Å². The van der Waals surface area contributed by atoms with Gasteiger partial charge in [-0.3, -0.25) is 4.79 Å². The number of esters is 2. The fourth-order valence-electron chi connectivity index (χ4n) is 3.18. The Bertz CT molecular complexity index is 1240. The molecule has 0 fully saturated rings. The molecule has 1 aromatic carbocycles. The molecule has 0 spiro atoms. The molecule has 0 saturated carbocycles. The summed E-state index contributed by atoms with van der Waals surface area (Å²) >= 11 is 7.40. The van der Waals surface area contributed by atoms with Gasteiger partial charge in [-0.25, -0.2) is 14.4 Å². The van der Waals surface area contributed by atoms with Crippen molar-refractivity contribution in [3.8, 4) is 11.1 Å². The first-order valence-electron chi connectivity index (χ1n) is 9.86. The topological polar surface area (TPSA) is 112 Å². The zero-order chi connectivity index (χ0) is 24.1. The number of carbonyl (C=O) groups is 3. The van der Waals surface area contributed by atoms with Gasteiger partial charge in [0, 0.05) is 11.6 Å². The molecule has 3 rings (SSSR count). The van der Waals surface area contributed by atoms with Crippen molar-refractivity contribution in [3.05, 3.63) is 73.6 Å². The summed E-state index contributed by atoms with van der Waals surface area (Å²) in [4.78, 5) is 49.0. The van der Waals surface area contributed by atoms with E-state index < -0.39 is 30.1 Å². The zero-order valence-electron chi connectivity index (χ0n) is 18.0. The van der Waals surface area contributed by atoms with Crippen LogP contribution in [0.3, 0.4) is 0 Å². The summed E-state index contributed by atoms with van der Waals surface area (Å²) in [7, 11) is 0. The first kappa shape index (κ1) is 24.2. The van der Waals surface area contributed by atoms with Crippen LogP contribution in [0.1, 0.15) is 39.0 Å². The van der Waals surface area contributed by atoms with Crippen LogP contribution in [-0.2, 0) is 14.3 Å². The SMILES string of the molecule is CCOC(=O)c1c(NC(=O)COC(=O)c2c(C)cc(=O)oc2C)sc(Cl)c1-c1ccccc1. The van der Waals surface area contributed by atoms with E-state index in [1.165, 1.54) is 6.92 Å². The second-order valence-electron chi connectivity index (χ2n) is 6.85. The maximum atomic E-state index is 12.7. The van der Waals surface area contributed by atoms with Gasteiger partial charge in [-0.05, 0) is 31.9 Å². The highest BCUT2D eigenvalue weighted by molar-refractivity contribution is 7.21. The van der Waals surface area contributed by atoms with Gasteiger partial charge < -0.3 is 19.2 Å². The monoisotopic (exact) mass is 489 g/mol. The van der Waals surface area contributed by atoms with E-state index >= 15 is 0 Å². The van der Waals surface area contributed by atoms with E-state index in [4.69, 9.17) is 25.5 Å². The molecule has 0 bridgehead atoms. The molecule has 0 aliphatic rings. The lowest BCUT2D eigenvalue weighted by Gasteiger charge is -2.10. The third-order valence-corrected chi connectivity index (χ3v) is 5.85. The molecular weight excluding hydrogens is 470 g/mol. The van der Waals surface area contributed by atoms with Crippen LogP contribution in [0.5, 0.6) is 0 Å². The number of hydrogen-bond acceptors (Lipinski definition) is 8. The summed E-state index contributed by atoms with van der Waals surface area (Å²) < 4.78 is 15.4. The molecule has 172 valence electrons. The number of amides is 1. The molecular formula is C23H20ClNO7S. The minimum Gasteiger partial charge on any atom is -0.462 e. The van der Waals surface area contributed by atoms with E-state index in [1.54, 1.807) is 38.1 Å². The minimum atomic E-state index is -0.816. The van der Waals surface area contributed by atoms with Gasteiger partial charge in [-0.15, -0.1) is 11.3 Å². The van der Waals surface area contributed by atoms with Gasteiger partial charge in [-0.1, -0.05) is 41.9 Å². The summed E-state index contributed by atoms with van der Waals surface area (Å²) in [5, 5.41) is 2.75. The van der Waals surface area contributed by atoms with Crippen LogP contribution in [0.25, 0.3) is 11.1 Å². The average molecular weight is 490 g/mol. The number of thiophene rings is 1. The quantitative estimate of drug-likeness (QED) is 0.482. The average Bonchev–Trinajstić information content (AvgIpc) is 3.07. The fraction of sp³-hybridized carbons (Fsp3) is 0.217. The van der Waals surface area contributed by atoms with Crippen molar-refractivity contribution in [2.24, 2.45) is 0 Å². The van der Waals surface area contributed by atoms with Crippen LogP contribution in [0.4, 0.5) is 5.00 Å². The Morgan fingerprint density at radius 3 is 2.36 bits per heavy atom. The van der Waals surface area contributed by atoms with Crippen LogP contribution in [0.2, 0.25) is 4.34 Å². The summed E-state index contributed by atoms with van der Waals surface area (Å²) in [6.45, 7) is 4.19. The number of aryl methyl sites for hydroxylation is 2. The van der Waals surface area contributed by atoms with Crippen molar-refractivity contribution in [1.29, 1.82) is 0 Å². The molecule has 2 aromatic heterocycles. The van der Waals surface area contributed by atoms with Crippen molar-refractivity contribution < 1.29 is 28.3 Å². The Morgan fingerprint density at radius 2 is 1.73 bits per heavy atom. The molecule has 10 heteroatoms. The number of nitrogens with one attached hydrogen (secondary N) is 1. The van der Waals surface area contributed by atoms with Crippen LogP contribution in [0.15, 0.2) is 45.6 Å². The van der Waals surface area contributed by atoms with Gasteiger partial charge in [0.1, 0.15) is 26.2 Å². The van der Waals surface area contributed by atoms with Crippen LogP contribution in [-0.4, -0.2) is 31.1 Å². The number of carbonyl (C=O) groups excluding carboxylic acids is 3. The van der Waals surface area contributed by atoms with Crippen molar-refractivity contribution in [2.45, 2.75) is 20.8 Å². The van der Waals surface area contributed by atoms with Crippen molar-refractivity contribution in [3.63, 3.8) is 0 Å². The summed E-state index contributed by atoms with van der Waals surface area (Å²) in [6.07, 6.45) is 0. The number of benzene rings is 1. The first-order valence-corrected chi connectivity index (χ1v) is 11.1. The third-order valence-electron chi connectivity index (χ3n) is 4.53. The lowest BCUT2D eigenvalue weighted by atomic mass is 10.0. The first-order chi connectivity index (χ1) is 15.7. The standard InChI is InChI=1S/C23H20ClNO7S/c1-4-30-23(29)19-18(14-8-6-5-7-9-14)20(24)33-21(19)25-15(26)11-31-22(28)17-12(2)10-16(27)32-13(17)3/h5-10H,4,11H2,1-3H3,(H,25,26). The maximum Gasteiger partial charge on any atom is 0.342 e. The van der Waals surface area contributed by atoms with E-state index in [0.717, 1.165) is 17.4 Å². The number of hydrogen-bond donors (Lipinski definition) is 1. The Kier molecular flexibility index (Phi) is 7.67. The van der Waals surface area contributed by atoms with Gasteiger partial charge in [0.15, 0.2) is 6.61 Å². The van der Waals surface area contributed by atoms with Crippen molar-refractivity contribution >= 4 is 45.8 Å². The number of rotatable bonds is 7. The molecule has 1 amide bonds. The van der Waals surface area contributed by atoms with E-state index in [-0.39, 0.29) is 28.5 Å². The fourth-order valence-corrected chi connectivity index (χ4v) is 4.57. The normalized spacial score (nSPS) is 10.5. The molecule has 33 heavy (non-hydrogen) atoms. The number of halogens is 1. The Balaban J connectivity index is 1.82. The Labute approximate surface area is 198 Å². The van der Waals surface area contributed by atoms with Crippen molar-refractivity contribution in [2.75, 3.05) is 18.5 Å². The highest BCUT2D eigenvalue weighted by Gasteiger charge is 2.27. The molecule has 2 heterocycles. The molecule has 0 aliphatic heterocycles. The number of anilines is 1. The number of ether oxygens (including phenoxy) is 2.